The maximum Gasteiger partial charge on any atom is 0.243 e. The highest BCUT2D eigenvalue weighted by Crippen LogP contribution is 2.27. The molecule has 0 atom stereocenters. The van der Waals surface area contributed by atoms with Gasteiger partial charge >= 0.3 is 0 Å². The Labute approximate surface area is 201 Å². The molecule has 1 aliphatic heterocycles. The Bertz CT molecular complexity index is 1260. The lowest BCUT2D eigenvalue weighted by atomic mass is 9.97. The van der Waals surface area contributed by atoms with E-state index in [0.29, 0.717) is 43.2 Å². The molecule has 3 aromatic rings. The van der Waals surface area contributed by atoms with Crippen LogP contribution in [-0.4, -0.2) is 41.5 Å². The molecular weight excluding hydrogens is 448 g/mol. The van der Waals surface area contributed by atoms with Gasteiger partial charge in [-0.05, 0) is 55.9 Å². The monoisotopic (exact) mass is 480 g/mol. The minimum atomic E-state index is -3.57. The van der Waals surface area contributed by atoms with Gasteiger partial charge in [0, 0.05) is 25.1 Å². The average molecular weight is 481 g/mol. The van der Waals surface area contributed by atoms with Crippen molar-refractivity contribution in [1.82, 2.24) is 14.1 Å². The summed E-state index contributed by atoms with van der Waals surface area (Å²) in [6.07, 6.45) is 3.65. The fourth-order valence-electron chi connectivity index (χ4n) is 4.43. The molecule has 1 amide bonds. The SMILES string of the molecule is CCc1ccc(Cn2nccc2NC(=O)C2CCN(S(=O)(=O)c3ccc(C)cc3C)CC2)cc1. The second kappa shape index (κ2) is 10.1. The molecule has 8 heteroatoms. The fourth-order valence-corrected chi connectivity index (χ4v) is 6.11. The smallest absolute Gasteiger partial charge is 0.243 e. The van der Waals surface area contributed by atoms with E-state index in [9.17, 15) is 13.2 Å². The molecule has 0 bridgehead atoms. The van der Waals surface area contributed by atoms with Gasteiger partial charge in [-0.15, -0.1) is 0 Å². The van der Waals surface area contributed by atoms with E-state index in [2.05, 4.69) is 41.6 Å². The fraction of sp³-hybridized carbons (Fsp3) is 0.385. The molecule has 34 heavy (non-hydrogen) atoms. The number of anilines is 1. The minimum Gasteiger partial charge on any atom is -0.311 e. The Hall–Kier alpha value is -2.97. The molecule has 0 saturated carbocycles. The van der Waals surface area contributed by atoms with Crippen LogP contribution < -0.4 is 5.32 Å². The van der Waals surface area contributed by atoms with Gasteiger partial charge in [-0.2, -0.15) is 9.40 Å². The largest absolute Gasteiger partial charge is 0.311 e. The number of hydrogen-bond acceptors (Lipinski definition) is 4. The lowest BCUT2D eigenvalue weighted by Gasteiger charge is -2.31. The molecule has 1 fully saturated rings. The molecule has 4 rings (SSSR count). The van der Waals surface area contributed by atoms with Gasteiger partial charge in [0.2, 0.25) is 15.9 Å². The molecule has 0 spiro atoms. The summed E-state index contributed by atoms with van der Waals surface area (Å²) in [6, 6.07) is 15.5. The van der Waals surface area contributed by atoms with Crippen LogP contribution in [0.2, 0.25) is 0 Å². The van der Waals surface area contributed by atoms with Crippen molar-refractivity contribution in [1.29, 1.82) is 0 Å². The number of nitrogens with one attached hydrogen (secondary N) is 1. The van der Waals surface area contributed by atoms with Crippen LogP contribution in [-0.2, 0) is 27.8 Å². The summed E-state index contributed by atoms with van der Waals surface area (Å²) in [5, 5.41) is 7.36. The van der Waals surface area contributed by atoms with Gasteiger partial charge in [-0.3, -0.25) is 4.79 Å². The number of aromatic nitrogens is 2. The van der Waals surface area contributed by atoms with Crippen molar-refractivity contribution in [3.63, 3.8) is 0 Å². The first-order valence-corrected chi connectivity index (χ1v) is 13.2. The highest BCUT2D eigenvalue weighted by Gasteiger charge is 2.33. The minimum absolute atomic E-state index is 0.0911. The Balaban J connectivity index is 1.37. The van der Waals surface area contributed by atoms with E-state index in [0.717, 1.165) is 23.1 Å². The van der Waals surface area contributed by atoms with Crippen molar-refractivity contribution < 1.29 is 13.2 Å². The van der Waals surface area contributed by atoms with Gasteiger partial charge in [0.15, 0.2) is 0 Å². The highest BCUT2D eigenvalue weighted by atomic mass is 32.2. The first-order chi connectivity index (χ1) is 16.3. The normalized spacial score (nSPS) is 15.4. The van der Waals surface area contributed by atoms with Crippen LogP contribution in [0.3, 0.4) is 0 Å². The summed E-state index contributed by atoms with van der Waals surface area (Å²) in [5.41, 5.74) is 4.17. The molecule has 1 aliphatic rings. The maximum absolute atomic E-state index is 13.1. The lowest BCUT2D eigenvalue weighted by Crippen LogP contribution is -2.41. The van der Waals surface area contributed by atoms with Crippen LogP contribution in [0, 0.1) is 19.8 Å². The number of carbonyl (C=O) groups excluding carboxylic acids is 1. The van der Waals surface area contributed by atoms with Crippen LogP contribution in [0.25, 0.3) is 0 Å². The standard InChI is InChI=1S/C26H32N4O3S/c1-4-21-6-8-22(9-7-21)18-30-25(11-14-27-30)28-26(31)23-12-15-29(16-13-23)34(32,33)24-10-5-19(2)17-20(24)3/h5-11,14,17,23H,4,12-13,15-16,18H2,1-3H3,(H,28,31). The number of sulfonamides is 1. The average Bonchev–Trinajstić information content (AvgIpc) is 3.25. The number of nitrogens with zero attached hydrogens (tertiary/aromatic N) is 3. The summed E-state index contributed by atoms with van der Waals surface area (Å²) in [5.74, 6) is 0.319. The van der Waals surface area contributed by atoms with E-state index in [-0.39, 0.29) is 11.8 Å². The van der Waals surface area contributed by atoms with Crippen LogP contribution in [0.5, 0.6) is 0 Å². The summed E-state index contributed by atoms with van der Waals surface area (Å²) < 4.78 is 29.5. The Kier molecular flexibility index (Phi) is 7.19. The predicted molar refractivity (Wildman–Crippen MR) is 133 cm³/mol. The summed E-state index contributed by atoms with van der Waals surface area (Å²) in [7, 11) is -3.57. The van der Waals surface area contributed by atoms with Gasteiger partial charge in [0.25, 0.3) is 0 Å². The third-order valence-corrected chi connectivity index (χ3v) is 8.56. The summed E-state index contributed by atoms with van der Waals surface area (Å²) >= 11 is 0. The molecule has 0 radical (unpaired) electrons. The van der Waals surface area contributed by atoms with E-state index in [1.165, 1.54) is 9.87 Å². The quantitative estimate of drug-likeness (QED) is 0.551. The van der Waals surface area contributed by atoms with E-state index >= 15 is 0 Å². The molecule has 2 aromatic carbocycles. The van der Waals surface area contributed by atoms with Gasteiger partial charge in [-0.25, -0.2) is 13.1 Å². The molecule has 180 valence electrons. The Morgan fingerprint density at radius 1 is 1.03 bits per heavy atom. The van der Waals surface area contributed by atoms with Crippen molar-refractivity contribution in [3.05, 3.63) is 77.0 Å². The molecule has 1 N–H and O–H groups in total. The highest BCUT2D eigenvalue weighted by molar-refractivity contribution is 7.89. The van der Waals surface area contributed by atoms with Gasteiger partial charge < -0.3 is 5.32 Å². The number of benzene rings is 2. The van der Waals surface area contributed by atoms with Crippen molar-refractivity contribution in [2.24, 2.45) is 5.92 Å². The van der Waals surface area contributed by atoms with Crippen LogP contribution >= 0.6 is 0 Å². The third kappa shape index (κ3) is 5.23. The first-order valence-electron chi connectivity index (χ1n) is 11.8. The lowest BCUT2D eigenvalue weighted by molar-refractivity contribution is -0.121. The number of aryl methyl sites for hydroxylation is 3. The van der Waals surface area contributed by atoms with E-state index in [1.807, 2.05) is 26.0 Å². The second-order valence-electron chi connectivity index (χ2n) is 8.98. The van der Waals surface area contributed by atoms with Crippen molar-refractivity contribution >= 4 is 21.7 Å². The zero-order valence-corrected chi connectivity index (χ0v) is 20.8. The van der Waals surface area contributed by atoms with Crippen molar-refractivity contribution in [2.75, 3.05) is 18.4 Å². The number of piperidine rings is 1. The molecule has 0 unspecified atom stereocenters. The molecule has 7 nitrogen and oxygen atoms in total. The maximum atomic E-state index is 13.1. The first kappa shape index (κ1) is 24.2. The molecule has 1 saturated heterocycles. The second-order valence-corrected chi connectivity index (χ2v) is 10.9. The van der Waals surface area contributed by atoms with Crippen molar-refractivity contribution in [2.45, 2.75) is 51.5 Å². The van der Waals surface area contributed by atoms with Crippen molar-refractivity contribution in [3.8, 4) is 0 Å². The Morgan fingerprint density at radius 2 is 1.71 bits per heavy atom. The third-order valence-electron chi connectivity index (χ3n) is 6.50. The zero-order valence-electron chi connectivity index (χ0n) is 20.0. The summed E-state index contributed by atoms with van der Waals surface area (Å²) in [4.78, 5) is 13.3. The topological polar surface area (TPSA) is 84.3 Å². The van der Waals surface area contributed by atoms with Gasteiger partial charge in [0.05, 0.1) is 17.6 Å². The zero-order chi connectivity index (χ0) is 24.3. The predicted octanol–water partition coefficient (Wildman–Crippen LogP) is 4.15. The summed E-state index contributed by atoms with van der Waals surface area (Å²) in [6.45, 7) is 7.12. The van der Waals surface area contributed by atoms with E-state index in [1.54, 1.807) is 23.0 Å². The molecule has 1 aromatic heterocycles. The number of amides is 1. The Morgan fingerprint density at radius 3 is 2.35 bits per heavy atom. The van der Waals surface area contributed by atoms with E-state index < -0.39 is 10.0 Å². The van der Waals surface area contributed by atoms with Crippen LogP contribution in [0.15, 0.2) is 59.6 Å². The molecular formula is C26H32N4O3S. The van der Waals surface area contributed by atoms with Crippen LogP contribution in [0.1, 0.15) is 42.0 Å². The van der Waals surface area contributed by atoms with Gasteiger partial charge in [-0.1, -0.05) is 48.9 Å². The molecule has 2 heterocycles. The molecule has 0 aliphatic carbocycles. The number of hydrogen-bond donors (Lipinski definition) is 1. The van der Waals surface area contributed by atoms with Crippen LogP contribution in [0.4, 0.5) is 5.82 Å². The number of carbonyl (C=O) groups is 1. The van der Waals surface area contributed by atoms with E-state index in [4.69, 9.17) is 0 Å². The number of rotatable bonds is 7. The van der Waals surface area contributed by atoms with Gasteiger partial charge in [0.1, 0.15) is 5.82 Å².